The molecule has 31 heavy (non-hydrogen) atoms. The number of anilines is 1. The van der Waals surface area contributed by atoms with E-state index in [4.69, 9.17) is 0 Å². The molecule has 1 saturated heterocycles. The van der Waals surface area contributed by atoms with E-state index in [1.54, 1.807) is 6.33 Å². The third-order valence-electron chi connectivity index (χ3n) is 8.26. The molecule has 2 aromatic rings. The maximum Gasteiger partial charge on any atom is 0.225 e. The van der Waals surface area contributed by atoms with E-state index >= 15 is 0 Å². The van der Waals surface area contributed by atoms with Gasteiger partial charge in [-0.05, 0) is 62.8 Å². The van der Waals surface area contributed by atoms with Gasteiger partial charge in [-0.25, -0.2) is 9.97 Å². The van der Waals surface area contributed by atoms with Crippen LogP contribution in [0.15, 0.2) is 18.6 Å². The Morgan fingerprint density at radius 2 is 1.81 bits per heavy atom. The maximum atomic E-state index is 12.9. The molecule has 3 fully saturated rings. The number of carbonyl (C=O) groups is 2. The molecule has 2 aliphatic carbocycles. The molecule has 0 bridgehead atoms. The van der Waals surface area contributed by atoms with Crippen LogP contribution >= 0.6 is 0 Å². The molecular weight excluding hydrogens is 390 g/mol. The molecule has 166 valence electrons. The predicted molar refractivity (Wildman–Crippen MR) is 120 cm³/mol. The van der Waals surface area contributed by atoms with Crippen molar-refractivity contribution in [2.75, 3.05) is 25.0 Å². The van der Waals surface area contributed by atoms with E-state index in [2.05, 4.69) is 37.9 Å². The largest absolute Gasteiger partial charge is 0.356 e. The third kappa shape index (κ3) is 3.94. The van der Waals surface area contributed by atoms with E-state index < -0.39 is 0 Å². The molecule has 0 atom stereocenters. The first-order chi connectivity index (χ1) is 15.0. The van der Waals surface area contributed by atoms with Gasteiger partial charge in [-0.2, -0.15) is 0 Å². The van der Waals surface area contributed by atoms with Crippen LogP contribution in [-0.4, -0.2) is 57.7 Å². The summed E-state index contributed by atoms with van der Waals surface area (Å²) in [5.74, 6) is 1.71. The summed E-state index contributed by atoms with van der Waals surface area (Å²) in [5, 5.41) is 1.08. The number of H-pyrrole nitrogens is 1. The summed E-state index contributed by atoms with van der Waals surface area (Å²) >= 11 is 0. The van der Waals surface area contributed by atoms with Crippen LogP contribution < -0.4 is 4.90 Å². The highest BCUT2D eigenvalue weighted by molar-refractivity contribution is 5.87. The first-order valence-corrected chi connectivity index (χ1v) is 11.9. The number of aromatic nitrogens is 3. The number of aromatic amines is 1. The number of nitrogens with one attached hydrogen (secondary N) is 1. The zero-order valence-electron chi connectivity index (χ0n) is 18.5. The van der Waals surface area contributed by atoms with Crippen molar-refractivity contribution in [1.82, 2.24) is 19.9 Å². The Hall–Kier alpha value is -2.44. The SMILES string of the molecule is CN(c1ncnc2[nH]ccc12)C1CCC2(CC1)CCN(C(=O)C1CCC(=O)CC1)CC2. The average molecular weight is 424 g/mol. The summed E-state index contributed by atoms with van der Waals surface area (Å²) in [7, 11) is 2.16. The number of rotatable bonds is 3. The Morgan fingerprint density at radius 3 is 2.52 bits per heavy atom. The van der Waals surface area contributed by atoms with Gasteiger partial charge >= 0.3 is 0 Å². The smallest absolute Gasteiger partial charge is 0.225 e. The van der Waals surface area contributed by atoms with E-state index in [0.29, 0.717) is 36.0 Å². The Balaban J connectivity index is 1.16. The fourth-order valence-corrected chi connectivity index (χ4v) is 6.06. The van der Waals surface area contributed by atoms with Gasteiger partial charge in [-0.3, -0.25) is 9.59 Å². The van der Waals surface area contributed by atoms with Crippen LogP contribution in [0.2, 0.25) is 0 Å². The summed E-state index contributed by atoms with van der Waals surface area (Å²) in [6.07, 6.45) is 13.3. The molecule has 1 aliphatic heterocycles. The topological polar surface area (TPSA) is 82.2 Å². The second kappa shape index (κ2) is 8.24. The Morgan fingerprint density at radius 1 is 1.10 bits per heavy atom. The Kier molecular flexibility index (Phi) is 5.44. The normalized spacial score (nSPS) is 22.9. The van der Waals surface area contributed by atoms with Crippen LogP contribution in [0.3, 0.4) is 0 Å². The van der Waals surface area contributed by atoms with Crippen molar-refractivity contribution in [2.45, 2.75) is 70.3 Å². The highest BCUT2D eigenvalue weighted by Gasteiger charge is 2.41. The minimum atomic E-state index is 0.0780. The van der Waals surface area contributed by atoms with Gasteiger partial charge in [0.05, 0.1) is 5.39 Å². The molecule has 7 nitrogen and oxygen atoms in total. The van der Waals surface area contributed by atoms with E-state index in [9.17, 15) is 9.59 Å². The molecule has 1 spiro atoms. The lowest BCUT2D eigenvalue weighted by Gasteiger charge is -2.48. The standard InChI is InChI=1S/C24H33N5O2/c1-28(22-20-8-13-25-21(20)26-16-27-22)18-6-9-24(10-7-18)11-14-29(15-12-24)23(31)17-2-4-19(30)5-3-17/h8,13,16-18H,2-7,9-12,14-15H2,1H3,(H,25,26,27). The number of fused-ring (bicyclic) bond motifs is 1. The molecule has 3 heterocycles. The second-order valence-electron chi connectivity index (χ2n) is 9.92. The van der Waals surface area contributed by atoms with Gasteiger partial charge in [0.2, 0.25) is 5.91 Å². The van der Waals surface area contributed by atoms with Crippen LogP contribution in [0.5, 0.6) is 0 Å². The predicted octanol–water partition coefficient (Wildman–Crippen LogP) is 3.70. The van der Waals surface area contributed by atoms with Crippen molar-refractivity contribution in [1.29, 1.82) is 0 Å². The number of ketones is 1. The number of hydrogen-bond acceptors (Lipinski definition) is 5. The number of nitrogens with zero attached hydrogens (tertiary/aromatic N) is 4. The molecule has 2 aromatic heterocycles. The van der Waals surface area contributed by atoms with Crippen molar-refractivity contribution in [2.24, 2.45) is 11.3 Å². The maximum absolute atomic E-state index is 12.9. The summed E-state index contributed by atoms with van der Waals surface area (Å²) < 4.78 is 0. The number of carbonyl (C=O) groups excluding carboxylic acids is 2. The van der Waals surface area contributed by atoms with Gasteiger partial charge in [0.15, 0.2) is 0 Å². The van der Waals surface area contributed by atoms with Crippen LogP contribution in [0, 0.1) is 11.3 Å². The molecule has 2 saturated carbocycles. The van der Waals surface area contributed by atoms with Gasteiger partial charge in [-0.1, -0.05) is 0 Å². The van der Waals surface area contributed by atoms with Crippen LogP contribution in [-0.2, 0) is 9.59 Å². The zero-order valence-corrected chi connectivity index (χ0v) is 18.5. The summed E-state index contributed by atoms with van der Waals surface area (Å²) in [5.41, 5.74) is 1.29. The average Bonchev–Trinajstić information content (AvgIpc) is 3.29. The lowest BCUT2D eigenvalue weighted by molar-refractivity contribution is -0.140. The fraction of sp³-hybridized carbons (Fsp3) is 0.667. The fourth-order valence-electron chi connectivity index (χ4n) is 6.06. The molecule has 1 amide bonds. The van der Waals surface area contributed by atoms with Crippen LogP contribution in [0.1, 0.15) is 64.2 Å². The molecule has 0 unspecified atom stereocenters. The van der Waals surface area contributed by atoms with Gasteiger partial charge in [-0.15, -0.1) is 0 Å². The van der Waals surface area contributed by atoms with E-state index in [0.717, 1.165) is 55.6 Å². The first-order valence-electron chi connectivity index (χ1n) is 11.9. The van der Waals surface area contributed by atoms with Gasteiger partial charge in [0, 0.05) is 51.1 Å². The van der Waals surface area contributed by atoms with E-state index in [1.807, 2.05) is 6.20 Å². The molecule has 7 heteroatoms. The number of likely N-dealkylation sites (tertiary alicyclic amines) is 1. The minimum Gasteiger partial charge on any atom is -0.356 e. The second-order valence-corrected chi connectivity index (χ2v) is 9.92. The molecule has 0 radical (unpaired) electrons. The Labute approximate surface area is 183 Å². The van der Waals surface area contributed by atoms with E-state index in [-0.39, 0.29) is 5.92 Å². The summed E-state index contributed by atoms with van der Waals surface area (Å²) in [6, 6.07) is 2.55. The van der Waals surface area contributed by atoms with Gasteiger partial charge in [0.25, 0.3) is 0 Å². The molecule has 0 aromatic carbocycles. The molecule has 1 N–H and O–H groups in total. The summed E-state index contributed by atoms with van der Waals surface area (Å²) in [6.45, 7) is 1.78. The van der Waals surface area contributed by atoms with Crippen molar-refractivity contribution < 1.29 is 9.59 Å². The summed E-state index contributed by atoms with van der Waals surface area (Å²) in [4.78, 5) is 40.9. The zero-order chi connectivity index (χ0) is 21.4. The van der Waals surface area contributed by atoms with Crippen molar-refractivity contribution in [3.8, 4) is 0 Å². The quantitative estimate of drug-likeness (QED) is 0.814. The molecule has 5 rings (SSSR count). The van der Waals surface area contributed by atoms with Crippen molar-refractivity contribution in [3.05, 3.63) is 18.6 Å². The lowest BCUT2D eigenvalue weighted by atomic mass is 9.66. The lowest BCUT2D eigenvalue weighted by Crippen LogP contribution is -2.48. The van der Waals surface area contributed by atoms with Gasteiger partial charge in [0.1, 0.15) is 23.6 Å². The number of piperidine rings is 1. The Bertz CT molecular complexity index is 942. The molecular formula is C24H33N5O2. The van der Waals surface area contributed by atoms with Crippen LogP contribution in [0.4, 0.5) is 5.82 Å². The minimum absolute atomic E-state index is 0.0780. The van der Waals surface area contributed by atoms with Gasteiger partial charge < -0.3 is 14.8 Å². The molecule has 3 aliphatic rings. The highest BCUT2D eigenvalue weighted by atomic mass is 16.2. The highest BCUT2D eigenvalue weighted by Crippen LogP contribution is 2.46. The number of Topliss-reactive ketones (excluding diaryl/α,β-unsaturated/α-hetero) is 1. The van der Waals surface area contributed by atoms with Crippen molar-refractivity contribution in [3.63, 3.8) is 0 Å². The number of amides is 1. The van der Waals surface area contributed by atoms with Crippen LogP contribution in [0.25, 0.3) is 11.0 Å². The monoisotopic (exact) mass is 423 g/mol. The van der Waals surface area contributed by atoms with E-state index in [1.165, 1.54) is 25.7 Å². The van der Waals surface area contributed by atoms with Crippen molar-refractivity contribution >= 4 is 28.5 Å². The third-order valence-corrected chi connectivity index (χ3v) is 8.26. The number of hydrogen-bond donors (Lipinski definition) is 1. The first kappa shape index (κ1) is 20.5.